The van der Waals surface area contributed by atoms with Crippen LogP contribution in [-0.4, -0.2) is 52.2 Å². The van der Waals surface area contributed by atoms with E-state index in [0.29, 0.717) is 11.6 Å². The lowest BCUT2D eigenvalue weighted by Gasteiger charge is -2.11. The van der Waals surface area contributed by atoms with Crippen LogP contribution in [0.2, 0.25) is 5.02 Å². The monoisotopic (exact) mass is 415 g/mol. The second-order valence-electron chi connectivity index (χ2n) is 6.66. The number of hydrogen-bond acceptors (Lipinski definition) is 4. The van der Waals surface area contributed by atoms with Crippen LogP contribution in [0.25, 0.3) is 6.08 Å². The fraction of sp³-hybridized carbons (Fsp3) is 0.300. The van der Waals surface area contributed by atoms with Crippen molar-refractivity contribution in [2.75, 3.05) is 19.6 Å². The Hall–Kier alpha value is -3.13. The first-order chi connectivity index (χ1) is 13.9. The molecule has 1 aromatic heterocycles. The smallest absolute Gasteiger partial charge is 0.324 e. The topological polar surface area (TPSA) is 96.3 Å². The number of carbonyl (C=O) groups is 3. The summed E-state index contributed by atoms with van der Waals surface area (Å²) in [6.07, 6.45) is 3.13. The van der Waals surface area contributed by atoms with Crippen LogP contribution in [0.3, 0.4) is 0 Å². The molecule has 8 nitrogen and oxygen atoms in total. The number of aryl methyl sites for hydroxylation is 1. The Labute approximate surface area is 173 Å². The summed E-state index contributed by atoms with van der Waals surface area (Å²) in [4.78, 5) is 36.1. The summed E-state index contributed by atoms with van der Waals surface area (Å²) in [6.45, 7) is 4.68. The average molecular weight is 416 g/mol. The van der Waals surface area contributed by atoms with Gasteiger partial charge in [0, 0.05) is 35.4 Å². The Kier molecular flexibility index (Phi) is 6.33. The van der Waals surface area contributed by atoms with E-state index < -0.39 is 6.03 Å². The van der Waals surface area contributed by atoms with Crippen molar-refractivity contribution in [3.8, 4) is 0 Å². The maximum atomic E-state index is 12.1. The molecule has 1 aliphatic rings. The van der Waals surface area contributed by atoms with Crippen molar-refractivity contribution in [3.63, 3.8) is 0 Å². The maximum Gasteiger partial charge on any atom is 0.324 e. The zero-order chi connectivity index (χ0) is 21.0. The highest BCUT2D eigenvalue weighted by molar-refractivity contribution is 6.31. The van der Waals surface area contributed by atoms with Crippen LogP contribution in [-0.2, 0) is 16.1 Å². The van der Waals surface area contributed by atoms with Crippen LogP contribution in [0.15, 0.2) is 30.3 Å². The van der Waals surface area contributed by atoms with Crippen LogP contribution in [0.5, 0.6) is 0 Å². The lowest BCUT2D eigenvalue weighted by Crippen LogP contribution is -2.38. The van der Waals surface area contributed by atoms with Crippen molar-refractivity contribution in [2.45, 2.75) is 20.4 Å². The van der Waals surface area contributed by atoms with E-state index >= 15 is 0 Å². The quantitative estimate of drug-likeness (QED) is 0.533. The summed E-state index contributed by atoms with van der Waals surface area (Å²) in [5, 5.41) is 10.3. The summed E-state index contributed by atoms with van der Waals surface area (Å²) in [7, 11) is 0. The zero-order valence-corrected chi connectivity index (χ0v) is 17.0. The summed E-state index contributed by atoms with van der Waals surface area (Å²) in [5.74, 6) is -0.605. The van der Waals surface area contributed by atoms with Crippen LogP contribution < -0.4 is 10.6 Å². The Morgan fingerprint density at radius 2 is 2.07 bits per heavy atom. The van der Waals surface area contributed by atoms with Gasteiger partial charge in [-0.05, 0) is 31.6 Å². The molecule has 1 aromatic carbocycles. The third kappa shape index (κ3) is 4.83. The van der Waals surface area contributed by atoms with Crippen LogP contribution >= 0.6 is 11.6 Å². The number of imide groups is 1. The van der Waals surface area contributed by atoms with Gasteiger partial charge in [0.1, 0.15) is 0 Å². The Morgan fingerprint density at radius 3 is 2.76 bits per heavy atom. The minimum Gasteiger partial charge on any atom is -0.351 e. The lowest BCUT2D eigenvalue weighted by molar-refractivity contribution is -0.125. The Morgan fingerprint density at radius 1 is 1.31 bits per heavy atom. The van der Waals surface area contributed by atoms with Crippen molar-refractivity contribution >= 4 is 35.5 Å². The van der Waals surface area contributed by atoms with Gasteiger partial charge in [-0.1, -0.05) is 29.8 Å². The molecule has 0 radical (unpaired) electrons. The molecule has 0 saturated carbocycles. The highest BCUT2D eigenvalue weighted by Crippen LogP contribution is 2.20. The molecule has 0 spiro atoms. The molecule has 152 valence electrons. The molecule has 1 fully saturated rings. The standard InChI is InChI=1S/C20H22ClN5O3/c1-13-16(14(2)26(24-13)12-15-5-3-4-6-17(15)21)7-8-18(27)22-9-10-25-19(28)11-23-20(25)29/h3-8H,9-12H2,1-2H3,(H,22,27)(H,23,29)/b8-7+. The number of urea groups is 1. The fourth-order valence-corrected chi connectivity index (χ4v) is 3.28. The van der Waals surface area contributed by atoms with E-state index in [1.807, 2.05) is 42.8 Å². The zero-order valence-electron chi connectivity index (χ0n) is 16.2. The van der Waals surface area contributed by atoms with E-state index in [1.54, 1.807) is 6.08 Å². The van der Waals surface area contributed by atoms with Gasteiger partial charge in [0.15, 0.2) is 0 Å². The molecule has 2 N–H and O–H groups in total. The number of rotatable bonds is 7. The number of benzene rings is 1. The van der Waals surface area contributed by atoms with Gasteiger partial charge in [-0.15, -0.1) is 0 Å². The number of amides is 4. The molecule has 0 bridgehead atoms. The Balaban J connectivity index is 1.59. The molecule has 1 saturated heterocycles. The molecule has 9 heteroatoms. The SMILES string of the molecule is Cc1nn(Cc2ccccc2Cl)c(C)c1/C=C/C(=O)NCCN1C(=O)CNC1=O. The predicted molar refractivity (Wildman–Crippen MR) is 109 cm³/mol. The summed E-state index contributed by atoms with van der Waals surface area (Å²) in [5.41, 5.74) is 3.55. The van der Waals surface area contributed by atoms with Gasteiger partial charge in [0.2, 0.25) is 11.8 Å². The normalized spacial score (nSPS) is 14.0. The molecule has 2 aromatic rings. The molecular weight excluding hydrogens is 394 g/mol. The van der Waals surface area contributed by atoms with Crippen LogP contribution in [0.1, 0.15) is 22.5 Å². The minimum atomic E-state index is -0.433. The number of halogens is 1. The van der Waals surface area contributed by atoms with E-state index in [-0.39, 0.29) is 31.4 Å². The van der Waals surface area contributed by atoms with Crippen LogP contribution in [0.4, 0.5) is 4.79 Å². The number of nitrogens with zero attached hydrogens (tertiary/aromatic N) is 3. The largest absolute Gasteiger partial charge is 0.351 e. The summed E-state index contributed by atoms with van der Waals surface area (Å²) < 4.78 is 1.85. The number of nitrogens with one attached hydrogen (secondary N) is 2. The molecule has 0 atom stereocenters. The van der Waals surface area contributed by atoms with Crippen molar-refractivity contribution < 1.29 is 14.4 Å². The van der Waals surface area contributed by atoms with Gasteiger partial charge < -0.3 is 10.6 Å². The molecule has 0 unspecified atom stereocenters. The number of carbonyl (C=O) groups excluding carboxylic acids is 3. The lowest BCUT2D eigenvalue weighted by atomic mass is 10.1. The molecular formula is C20H22ClN5O3. The third-order valence-electron chi connectivity index (χ3n) is 4.69. The highest BCUT2D eigenvalue weighted by atomic mass is 35.5. The summed E-state index contributed by atoms with van der Waals surface area (Å²) >= 11 is 6.23. The minimum absolute atomic E-state index is 0.00339. The van der Waals surface area contributed by atoms with Gasteiger partial charge in [-0.2, -0.15) is 5.10 Å². The van der Waals surface area contributed by atoms with Crippen LogP contribution in [0, 0.1) is 13.8 Å². The first kappa shape index (κ1) is 20.6. The first-order valence-corrected chi connectivity index (χ1v) is 9.56. The van der Waals surface area contributed by atoms with Crippen molar-refractivity contribution in [3.05, 3.63) is 57.9 Å². The molecule has 3 rings (SSSR count). The molecule has 0 aliphatic carbocycles. The predicted octanol–water partition coefficient (Wildman–Crippen LogP) is 1.88. The number of aromatic nitrogens is 2. The molecule has 29 heavy (non-hydrogen) atoms. The van der Waals surface area contributed by atoms with E-state index in [0.717, 1.165) is 27.4 Å². The van der Waals surface area contributed by atoms with E-state index in [1.165, 1.54) is 6.08 Å². The number of hydrogen-bond donors (Lipinski definition) is 2. The second-order valence-corrected chi connectivity index (χ2v) is 7.07. The highest BCUT2D eigenvalue weighted by Gasteiger charge is 2.27. The molecule has 4 amide bonds. The summed E-state index contributed by atoms with van der Waals surface area (Å²) in [6, 6.07) is 7.17. The van der Waals surface area contributed by atoms with Crippen molar-refractivity contribution in [1.29, 1.82) is 0 Å². The van der Waals surface area contributed by atoms with Crippen molar-refractivity contribution in [1.82, 2.24) is 25.3 Å². The molecule has 1 aliphatic heterocycles. The van der Waals surface area contributed by atoms with Crippen molar-refractivity contribution in [2.24, 2.45) is 0 Å². The third-order valence-corrected chi connectivity index (χ3v) is 5.06. The average Bonchev–Trinajstić information content (AvgIpc) is 3.14. The maximum absolute atomic E-state index is 12.1. The van der Waals surface area contributed by atoms with Gasteiger partial charge in [-0.25, -0.2) is 4.79 Å². The molecule has 2 heterocycles. The second kappa shape index (κ2) is 8.91. The first-order valence-electron chi connectivity index (χ1n) is 9.18. The van der Waals surface area contributed by atoms with Gasteiger partial charge >= 0.3 is 6.03 Å². The van der Waals surface area contributed by atoms with E-state index in [4.69, 9.17) is 11.6 Å². The van der Waals surface area contributed by atoms with E-state index in [2.05, 4.69) is 15.7 Å². The Bertz CT molecular complexity index is 966. The van der Waals surface area contributed by atoms with E-state index in [9.17, 15) is 14.4 Å². The van der Waals surface area contributed by atoms with Gasteiger partial charge in [0.05, 0.1) is 18.8 Å². The fourth-order valence-electron chi connectivity index (χ4n) is 3.08. The van der Waals surface area contributed by atoms with Gasteiger partial charge in [-0.3, -0.25) is 19.2 Å². The van der Waals surface area contributed by atoms with Gasteiger partial charge in [0.25, 0.3) is 0 Å².